The zero-order valence-electron chi connectivity index (χ0n) is 18.5. The topological polar surface area (TPSA) is 67.2 Å². The summed E-state index contributed by atoms with van der Waals surface area (Å²) in [6, 6.07) is 11.9. The number of imidazole rings is 1. The summed E-state index contributed by atoms with van der Waals surface area (Å²) in [6.07, 6.45) is 8.08. The summed E-state index contributed by atoms with van der Waals surface area (Å²) < 4.78 is 1.93. The third-order valence-corrected chi connectivity index (χ3v) is 7.84. The van der Waals surface area contributed by atoms with Crippen molar-refractivity contribution in [3.8, 4) is 0 Å². The SMILES string of the molecule is C[C@@]1(C(=O)NC2CCCCCCC2)Cn2c(nc3ccccc32)C(=O)N1Cc1cccs1. The molecule has 1 atom stereocenters. The first-order valence-electron chi connectivity index (χ1n) is 11.7. The molecule has 168 valence electrons. The van der Waals surface area contributed by atoms with Crippen molar-refractivity contribution in [2.75, 3.05) is 0 Å². The molecule has 5 rings (SSSR count). The normalized spacial score (nSPS) is 22.4. The van der Waals surface area contributed by atoms with Gasteiger partial charge in [0.25, 0.3) is 5.91 Å². The number of aromatic nitrogens is 2. The molecule has 32 heavy (non-hydrogen) atoms. The molecular formula is C25H30N4O2S. The van der Waals surface area contributed by atoms with Crippen LogP contribution >= 0.6 is 11.3 Å². The van der Waals surface area contributed by atoms with Gasteiger partial charge in [0.2, 0.25) is 5.91 Å². The van der Waals surface area contributed by atoms with Gasteiger partial charge in [0.15, 0.2) is 5.82 Å². The maximum Gasteiger partial charge on any atom is 0.291 e. The Bertz CT molecular complexity index is 1110. The van der Waals surface area contributed by atoms with E-state index in [1.807, 2.05) is 53.3 Å². The number of carbonyl (C=O) groups excluding carboxylic acids is 2. The molecule has 0 radical (unpaired) electrons. The number of para-hydroxylation sites is 2. The molecule has 0 unspecified atom stereocenters. The van der Waals surface area contributed by atoms with Crippen LogP contribution in [0.25, 0.3) is 11.0 Å². The van der Waals surface area contributed by atoms with E-state index >= 15 is 0 Å². The van der Waals surface area contributed by atoms with E-state index in [4.69, 9.17) is 0 Å². The maximum atomic E-state index is 13.8. The molecule has 1 N–H and O–H groups in total. The van der Waals surface area contributed by atoms with E-state index in [1.54, 1.807) is 16.2 Å². The highest BCUT2D eigenvalue weighted by molar-refractivity contribution is 7.09. The van der Waals surface area contributed by atoms with E-state index in [0.29, 0.717) is 18.9 Å². The lowest BCUT2D eigenvalue weighted by atomic mass is 9.92. The molecule has 0 saturated heterocycles. The molecule has 7 heteroatoms. The Hall–Kier alpha value is -2.67. The molecule has 1 aromatic carbocycles. The lowest BCUT2D eigenvalue weighted by Gasteiger charge is -2.44. The van der Waals surface area contributed by atoms with Crippen molar-refractivity contribution < 1.29 is 9.59 Å². The fraction of sp³-hybridized carbons (Fsp3) is 0.480. The number of amides is 2. The van der Waals surface area contributed by atoms with Crippen molar-refractivity contribution in [3.63, 3.8) is 0 Å². The van der Waals surface area contributed by atoms with Crippen LogP contribution < -0.4 is 5.32 Å². The Labute approximate surface area is 192 Å². The van der Waals surface area contributed by atoms with Crippen molar-refractivity contribution in [1.82, 2.24) is 19.8 Å². The van der Waals surface area contributed by atoms with Crippen molar-refractivity contribution in [2.45, 2.75) is 76.5 Å². The van der Waals surface area contributed by atoms with Crippen LogP contribution in [-0.2, 0) is 17.9 Å². The number of hydrogen-bond acceptors (Lipinski definition) is 4. The average Bonchev–Trinajstić information content (AvgIpc) is 3.41. The van der Waals surface area contributed by atoms with Crippen LogP contribution in [0.15, 0.2) is 41.8 Å². The molecule has 1 fully saturated rings. The van der Waals surface area contributed by atoms with Gasteiger partial charge in [-0.2, -0.15) is 0 Å². The standard InChI is InChI=1S/C25H30N4O2S/c1-25(24(31)26-18-10-5-3-2-4-6-11-18)17-28-21-14-8-7-13-20(21)27-22(28)23(30)29(25)16-19-12-9-15-32-19/h7-9,12-15,18H,2-6,10-11,16-17H2,1H3,(H,26,31)/t25-/m0/s1. The van der Waals surface area contributed by atoms with E-state index in [0.717, 1.165) is 41.6 Å². The number of hydrogen-bond donors (Lipinski definition) is 1. The molecule has 1 aliphatic carbocycles. The molecular weight excluding hydrogens is 420 g/mol. The summed E-state index contributed by atoms with van der Waals surface area (Å²) in [5.41, 5.74) is 0.702. The number of benzene rings is 1. The van der Waals surface area contributed by atoms with Crippen LogP contribution in [0.2, 0.25) is 0 Å². The second kappa shape index (κ2) is 8.70. The van der Waals surface area contributed by atoms with E-state index < -0.39 is 5.54 Å². The number of nitrogens with zero attached hydrogens (tertiary/aromatic N) is 3. The van der Waals surface area contributed by atoms with Crippen LogP contribution in [-0.4, -0.2) is 37.8 Å². The summed E-state index contributed by atoms with van der Waals surface area (Å²) in [6.45, 7) is 2.72. The largest absolute Gasteiger partial charge is 0.351 e. The van der Waals surface area contributed by atoms with Gasteiger partial charge in [0, 0.05) is 10.9 Å². The monoisotopic (exact) mass is 450 g/mol. The van der Waals surface area contributed by atoms with Gasteiger partial charge < -0.3 is 14.8 Å². The van der Waals surface area contributed by atoms with Crippen molar-refractivity contribution in [1.29, 1.82) is 0 Å². The van der Waals surface area contributed by atoms with Gasteiger partial charge >= 0.3 is 0 Å². The Morgan fingerprint density at radius 2 is 1.88 bits per heavy atom. The molecule has 2 aliphatic rings. The number of nitrogens with one attached hydrogen (secondary N) is 1. The van der Waals surface area contributed by atoms with Gasteiger partial charge in [-0.25, -0.2) is 4.98 Å². The number of fused-ring (bicyclic) bond motifs is 3. The fourth-order valence-electron chi connectivity index (χ4n) is 5.08. The Morgan fingerprint density at radius 1 is 1.12 bits per heavy atom. The first-order valence-corrected chi connectivity index (χ1v) is 12.5. The first kappa shape index (κ1) is 21.2. The summed E-state index contributed by atoms with van der Waals surface area (Å²) >= 11 is 1.61. The number of thiophene rings is 1. The van der Waals surface area contributed by atoms with Gasteiger partial charge in [0.1, 0.15) is 5.54 Å². The van der Waals surface area contributed by atoms with E-state index in [-0.39, 0.29) is 17.9 Å². The van der Waals surface area contributed by atoms with Gasteiger partial charge in [-0.15, -0.1) is 11.3 Å². The lowest BCUT2D eigenvalue weighted by molar-refractivity contribution is -0.134. The third-order valence-electron chi connectivity index (χ3n) is 6.98. The van der Waals surface area contributed by atoms with Crippen LogP contribution in [0.5, 0.6) is 0 Å². The molecule has 2 aromatic heterocycles. The molecule has 0 spiro atoms. The number of rotatable bonds is 4. The minimum absolute atomic E-state index is 0.0589. The number of carbonyl (C=O) groups is 2. The minimum atomic E-state index is -0.986. The molecule has 3 heterocycles. The average molecular weight is 451 g/mol. The molecule has 3 aromatic rings. The van der Waals surface area contributed by atoms with Crippen molar-refractivity contribution in [2.24, 2.45) is 0 Å². The Kier molecular flexibility index (Phi) is 5.76. The predicted molar refractivity (Wildman–Crippen MR) is 127 cm³/mol. The van der Waals surface area contributed by atoms with Gasteiger partial charge in [-0.3, -0.25) is 9.59 Å². The van der Waals surface area contributed by atoms with E-state index in [2.05, 4.69) is 10.3 Å². The van der Waals surface area contributed by atoms with Gasteiger partial charge in [-0.05, 0) is 43.3 Å². The maximum absolute atomic E-state index is 13.8. The zero-order chi connectivity index (χ0) is 22.1. The highest BCUT2D eigenvalue weighted by Gasteiger charge is 2.48. The van der Waals surface area contributed by atoms with E-state index in [9.17, 15) is 9.59 Å². The second-order valence-corrected chi connectivity index (χ2v) is 10.3. The van der Waals surface area contributed by atoms with Gasteiger partial charge in [0.05, 0.1) is 24.1 Å². The molecule has 0 bridgehead atoms. The van der Waals surface area contributed by atoms with Crippen molar-refractivity contribution >= 4 is 34.2 Å². The summed E-state index contributed by atoms with van der Waals surface area (Å²) in [5, 5.41) is 5.34. The van der Waals surface area contributed by atoms with Gasteiger partial charge in [-0.1, -0.05) is 50.3 Å². The van der Waals surface area contributed by atoms with Crippen LogP contribution in [0, 0.1) is 0 Å². The first-order chi connectivity index (χ1) is 15.6. The highest BCUT2D eigenvalue weighted by Crippen LogP contribution is 2.33. The molecule has 1 saturated carbocycles. The summed E-state index contributed by atoms with van der Waals surface area (Å²) in [4.78, 5) is 34.9. The molecule has 6 nitrogen and oxygen atoms in total. The fourth-order valence-corrected chi connectivity index (χ4v) is 5.77. The predicted octanol–water partition coefficient (Wildman–Crippen LogP) is 4.74. The summed E-state index contributed by atoms with van der Waals surface area (Å²) in [5.74, 6) is 0.173. The van der Waals surface area contributed by atoms with Crippen molar-refractivity contribution in [3.05, 3.63) is 52.5 Å². The zero-order valence-corrected chi connectivity index (χ0v) is 19.4. The highest BCUT2D eigenvalue weighted by atomic mass is 32.1. The smallest absolute Gasteiger partial charge is 0.291 e. The Morgan fingerprint density at radius 3 is 2.62 bits per heavy atom. The third kappa shape index (κ3) is 3.83. The van der Waals surface area contributed by atoms with Crippen LogP contribution in [0.3, 0.4) is 0 Å². The molecule has 2 amide bonds. The summed E-state index contributed by atoms with van der Waals surface area (Å²) in [7, 11) is 0. The minimum Gasteiger partial charge on any atom is -0.351 e. The van der Waals surface area contributed by atoms with Crippen LogP contribution in [0.4, 0.5) is 0 Å². The quantitative estimate of drug-likeness (QED) is 0.624. The second-order valence-electron chi connectivity index (χ2n) is 9.27. The molecule has 1 aliphatic heterocycles. The van der Waals surface area contributed by atoms with E-state index in [1.165, 1.54) is 19.3 Å². The van der Waals surface area contributed by atoms with Crippen LogP contribution in [0.1, 0.15) is 67.4 Å². The Balaban J connectivity index is 1.50. The lowest BCUT2D eigenvalue weighted by Crippen LogP contribution is -2.64.